The number of halogens is 3. The highest BCUT2D eigenvalue weighted by Crippen LogP contribution is 2.24. The molecule has 0 bridgehead atoms. The van der Waals surface area contributed by atoms with Gasteiger partial charge < -0.3 is 0 Å². The lowest BCUT2D eigenvalue weighted by molar-refractivity contribution is -0.133. The van der Waals surface area contributed by atoms with Crippen LogP contribution in [-0.2, 0) is 0 Å². The van der Waals surface area contributed by atoms with Gasteiger partial charge in [0.15, 0.2) is 5.78 Å². The van der Waals surface area contributed by atoms with Gasteiger partial charge in [0.1, 0.15) is 0 Å². The van der Waals surface area contributed by atoms with Crippen LogP contribution < -0.4 is 0 Å². The molecule has 0 aliphatic carbocycles. The highest BCUT2D eigenvalue weighted by Gasteiger charge is 2.28. The van der Waals surface area contributed by atoms with Gasteiger partial charge in [0, 0.05) is 12.0 Å². The molecule has 0 aromatic heterocycles. The first-order valence-corrected chi connectivity index (χ1v) is 6.21. The second-order valence-electron chi connectivity index (χ2n) is 4.48. The third-order valence-electron chi connectivity index (χ3n) is 2.95. The predicted molar refractivity (Wildman–Crippen MR) is 71.5 cm³/mol. The highest BCUT2D eigenvalue weighted by atomic mass is 19.4. The van der Waals surface area contributed by atoms with E-state index in [0.29, 0.717) is 5.56 Å². The van der Waals surface area contributed by atoms with Crippen molar-refractivity contribution in [3.63, 3.8) is 0 Å². The lowest BCUT2D eigenvalue weighted by atomic mass is 10.0. The van der Waals surface area contributed by atoms with Crippen molar-refractivity contribution in [2.75, 3.05) is 0 Å². The lowest BCUT2D eigenvalue weighted by Gasteiger charge is -2.06. The normalized spacial score (nSPS) is 11.3. The molecule has 0 amide bonds. The quantitative estimate of drug-likeness (QED) is 0.728. The molecule has 0 atom stereocenters. The predicted octanol–water partition coefficient (Wildman–Crippen LogP) is 4.88. The van der Waals surface area contributed by atoms with Crippen LogP contribution in [0.3, 0.4) is 0 Å². The summed E-state index contributed by atoms with van der Waals surface area (Å²) in [5, 5.41) is 0. The van der Waals surface area contributed by atoms with Crippen LogP contribution in [0.15, 0.2) is 54.6 Å². The Morgan fingerprint density at radius 2 is 1.40 bits per heavy atom. The van der Waals surface area contributed by atoms with Crippen LogP contribution >= 0.6 is 0 Å². The smallest absolute Gasteiger partial charge is 0.294 e. The van der Waals surface area contributed by atoms with Crippen LogP contribution in [0.5, 0.6) is 0 Å². The molecule has 20 heavy (non-hydrogen) atoms. The molecule has 0 saturated heterocycles. The molecule has 0 spiro atoms. The van der Waals surface area contributed by atoms with E-state index >= 15 is 0 Å². The fraction of sp³-hybridized carbons (Fsp3) is 0.188. The summed E-state index contributed by atoms with van der Waals surface area (Å²) in [4.78, 5) is 11.6. The first-order valence-electron chi connectivity index (χ1n) is 6.21. The third-order valence-corrected chi connectivity index (χ3v) is 2.95. The standard InChI is InChI=1S/C16H13F3O/c17-16(18,19)11-10-15(20)14-8-6-13(7-9-14)12-4-2-1-3-5-12/h1-9H,10-11H2. The Hall–Kier alpha value is -2.10. The maximum Gasteiger partial charge on any atom is 0.389 e. The SMILES string of the molecule is O=C(CCC(F)(F)F)c1ccc(-c2ccccc2)cc1. The van der Waals surface area contributed by atoms with Crippen LogP contribution in [0.1, 0.15) is 23.2 Å². The summed E-state index contributed by atoms with van der Waals surface area (Å²) in [5.41, 5.74) is 2.24. The Morgan fingerprint density at radius 1 is 0.850 bits per heavy atom. The first-order chi connectivity index (χ1) is 9.46. The number of alkyl halides is 3. The van der Waals surface area contributed by atoms with Gasteiger partial charge in [-0.05, 0) is 11.1 Å². The van der Waals surface area contributed by atoms with E-state index in [1.54, 1.807) is 24.3 Å². The Kier molecular flexibility index (Phi) is 4.23. The van der Waals surface area contributed by atoms with E-state index in [9.17, 15) is 18.0 Å². The molecule has 0 fully saturated rings. The van der Waals surface area contributed by atoms with Gasteiger partial charge in [0.2, 0.25) is 0 Å². The van der Waals surface area contributed by atoms with Gasteiger partial charge in [-0.15, -0.1) is 0 Å². The van der Waals surface area contributed by atoms with E-state index in [1.165, 1.54) is 0 Å². The minimum absolute atomic E-state index is 0.314. The number of carbonyl (C=O) groups is 1. The van der Waals surface area contributed by atoms with Crippen molar-refractivity contribution in [3.05, 3.63) is 60.2 Å². The van der Waals surface area contributed by atoms with Crippen molar-refractivity contribution < 1.29 is 18.0 Å². The molecular formula is C16H13F3O. The summed E-state index contributed by atoms with van der Waals surface area (Å²) in [7, 11) is 0. The summed E-state index contributed by atoms with van der Waals surface area (Å²) in [5.74, 6) is -0.484. The molecule has 104 valence electrons. The van der Waals surface area contributed by atoms with E-state index in [1.807, 2.05) is 30.3 Å². The van der Waals surface area contributed by atoms with Gasteiger partial charge in [-0.1, -0.05) is 54.6 Å². The lowest BCUT2D eigenvalue weighted by Crippen LogP contribution is -2.10. The number of carbonyl (C=O) groups excluding carboxylic acids is 1. The van der Waals surface area contributed by atoms with Crippen molar-refractivity contribution in [2.24, 2.45) is 0 Å². The molecule has 2 aromatic carbocycles. The molecule has 2 aromatic rings. The summed E-state index contributed by atoms with van der Waals surface area (Å²) >= 11 is 0. The zero-order valence-electron chi connectivity index (χ0n) is 10.7. The topological polar surface area (TPSA) is 17.1 Å². The Balaban J connectivity index is 2.07. The molecule has 4 heteroatoms. The molecule has 0 aliphatic rings. The second-order valence-corrected chi connectivity index (χ2v) is 4.48. The molecule has 0 heterocycles. The monoisotopic (exact) mass is 278 g/mol. The van der Waals surface area contributed by atoms with Gasteiger partial charge in [-0.2, -0.15) is 13.2 Å². The average molecular weight is 278 g/mol. The maximum atomic E-state index is 12.1. The molecule has 0 N–H and O–H groups in total. The van der Waals surface area contributed by atoms with Crippen LogP contribution in [0.2, 0.25) is 0 Å². The van der Waals surface area contributed by atoms with Crippen molar-refractivity contribution >= 4 is 5.78 Å². The zero-order valence-corrected chi connectivity index (χ0v) is 10.7. The highest BCUT2D eigenvalue weighted by molar-refractivity contribution is 5.96. The number of hydrogen-bond acceptors (Lipinski definition) is 1. The van der Waals surface area contributed by atoms with E-state index in [2.05, 4.69) is 0 Å². The van der Waals surface area contributed by atoms with Crippen LogP contribution in [0.25, 0.3) is 11.1 Å². The van der Waals surface area contributed by atoms with Gasteiger partial charge in [-0.25, -0.2) is 0 Å². The van der Waals surface area contributed by atoms with Crippen molar-refractivity contribution in [2.45, 2.75) is 19.0 Å². The number of Topliss-reactive ketones (excluding diaryl/α,β-unsaturated/α-hetero) is 1. The Labute approximate surface area is 115 Å². The van der Waals surface area contributed by atoms with Gasteiger partial charge in [0.25, 0.3) is 0 Å². The van der Waals surface area contributed by atoms with E-state index < -0.39 is 24.8 Å². The Bertz CT molecular complexity index is 571. The van der Waals surface area contributed by atoms with Gasteiger partial charge in [0.05, 0.1) is 6.42 Å². The van der Waals surface area contributed by atoms with Gasteiger partial charge in [-0.3, -0.25) is 4.79 Å². The number of rotatable bonds is 4. The number of hydrogen-bond donors (Lipinski definition) is 0. The third kappa shape index (κ3) is 3.95. The number of ketones is 1. The Morgan fingerprint density at radius 3 is 1.95 bits per heavy atom. The van der Waals surface area contributed by atoms with Crippen LogP contribution in [-0.4, -0.2) is 12.0 Å². The fourth-order valence-electron chi connectivity index (χ4n) is 1.88. The van der Waals surface area contributed by atoms with Crippen LogP contribution in [0, 0.1) is 0 Å². The van der Waals surface area contributed by atoms with E-state index in [4.69, 9.17) is 0 Å². The van der Waals surface area contributed by atoms with Gasteiger partial charge >= 0.3 is 6.18 Å². The molecule has 2 rings (SSSR count). The summed E-state index contributed by atoms with van der Waals surface area (Å²) in [6, 6.07) is 16.2. The van der Waals surface area contributed by atoms with E-state index in [-0.39, 0.29) is 0 Å². The summed E-state index contributed by atoms with van der Waals surface area (Å²) in [6.45, 7) is 0. The van der Waals surface area contributed by atoms with Crippen molar-refractivity contribution in [3.8, 4) is 11.1 Å². The van der Waals surface area contributed by atoms with Crippen LogP contribution in [0.4, 0.5) is 13.2 Å². The second kappa shape index (κ2) is 5.90. The molecule has 1 nitrogen and oxygen atoms in total. The molecular weight excluding hydrogens is 265 g/mol. The minimum Gasteiger partial charge on any atom is -0.294 e. The molecule has 0 aliphatic heterocycles. The molecule has 0 radical (unpaired) electrons. The average Bonchev–Trinajstić information content (AvgIpc) is 2.45. The maximum absolute atomic E-state index is 12.1. The summed E-state index contributed by atoms with van der Waals surface area (Å²) in [6.07, 6.45) is -5.87. The zero-order chi connectivity index (χ0) is 14.6. The summed E-state index contributed by atoms with van der Waals surface area (Å²) < 4.78 is 36.2. The van der Waals surface area contributed by atoms with Crippen molar-refractivity contribution in [1.29, 1.82) is 0 Å². The molecule has 0 saturated carbocycles. The largest absolute Gasteiger partial charge is 0.389 e. The first kappa shape index (κ1) is 14.3. The number of benzene rings is 2. The molecule has 0 unspecified atom stereocenters. The van der Waals surface area contributed by atoms with E-state index in [0.717, 1.165) is 11.1 Å². The van der Waals surface area contributed by atoms with Crippen molar-refractivity contribution in [1.82, 2.24) is 0 Å². The minimum atomic E-state index is -4.29. The fourth-order valence-corrected chi connectivity index (χ4v) is 1.88.